The molecule has 0 atom stereocenters. The fourth-order valence-corrected chi connectivity index (χ4v) is 4.42. The molecule has 2 aromatic heterocycles. The van der Waals surface area contributed by atoms with Gasteiger partial charge < -0.3 is 24.7 Å². The van der Waals surface area contributed by atoms with Crippen molar-refractivity contribution in [3.63, 3.8) is 0 Å². The molecule has 0 fully saturated rings. The molecule has 1 aliphatic heterocycles. The summed E-state index contributed by atoms with van der Waals surface area (Å²) in [6.45, 7) is 3.72. The highest BCUT2D eigenvalue weighted by Gasteiger charge is 2.35. The zero-order chi connectivity index (χ0) is 27.9. The third-order valence-electron chi connectivity index (χ3n) is 6.20. The van der Waals surface area contributed by atoms with Crippen molar-refractivity contribution in [2.45, 2.75) is 20.4 Å². The van der Waals surface area contributed by atoms with Crippen LogP contribution in [0.1, 0.15) is 30.7 Å². The minimum absolute atomic E-state index is 0.627. The molecule has 0 unspecified atom stereocenters. The summed E-state index contributed by atoms with van der Waals surface area (Å²) in [7, 11) is 5.25. The molecule has 0 aliphatic carbocycles. The van der Waals surface area contributed by atoms with E-state index in [-0.39, 0.29) is 0 Å². The molecule has 0 saturated heterocycles. The molecule has 0 bridgehead atoms. The number of allylic oxidation sites excluding steroid dienone is 1. The van der Waals surface area contributed by atoms with Crippen LogP contribution in [0.25, 0.3) is 5.70 Å². The Balaban J connectivity index is 0.000000826. The van der Waals surface area contributed by atoms with Crippen LogP contribution in [0, 0.1) is 0 Å². The van der Waals surface area contributed by atoms with E-state index in [1.165, 1.54) is 0 Å². The summed E-state index contributed by atoms with van der Waals surface area (Å²) in [5.41, 5.74) is 7.21. The van der Waals surface area contributed by atoms with E-state index in [1.54, 1.807) is 14.2 Å². The maximum absolute atomic E-state index is 8.89. The Bertz CT molecular complexity index is 1520. The highest BCUT2D eigenvalue weighted by molar-refractivity contribution is 6.17. The van der Waals surface area contributed by atoms with E-state index in [1.807, 2.05) is 66.5 Å². The fourth-order valence-electron chi connectivity index (χ4n) is 4.42. The first kappa shape index (κ1) is 27.1. The fraction of sp³-hybridized carbons (Fsp3) is 0.200. The zero-order valence-electron chi connectivity index (χ0n) is 22.6. The maximum Gasteiger partial charge on any atom is 0.237 e. The number of hydrogen-bond acceptors (Lipinski definition) is 7. The third-order valence-corrected chi connectivity index (χ3v) is 6.20. The Morgan fingerprint density at radius 3 is 2.23 bits per heavy atom. The molecule has 3 heterocycles. The first-order valence-corrected chi connectivity index (χ1v) is 12.4. The van der Waals surface area contributed by atoms with E-state index in [2.05, 4.69) is 46.3 Å². The molecule has 5 rings (SSSR count). The number of carbonyl (C=O) groups is 1. The van der Waals surface area contributed by atoms with Gasteiger partial charge in [0.1, 0.15) is 22.9 Å². The second-order valence-corrected chi connectivity index (χ2v) is 8.74. The Morgan fingerprint density at radius 2 is 1.64 bits per heavy atom. The summed E-state index contributed by atoms with van der Waals surface area (Å²) in [5, 5.41) is 16.8. The topological polar surface area (TPSA) is 105 Å². The van der Waals surface area contributed by atoms with Crippen molar-refractivity contribution in [3.05, 3.63) is 102 Å². The van der Waals surface area contributed by atoms with E-state index < -0.39 is 5.97 Å². The van der Waals surface area contributed by atoms with Gasteiger partial charge in [0, 0.05) is 30.7 Å². The largest absolute Gasteiger partial charge is 0.550 e. The first-order valence-electron chi connectivity index (χ1n) is 12.4. The number of rotatable bonds is 7. The number of benzene rings is 2. The average Bonchev–Trinajstić information content (AvgIpc) is 3.46. The lowest BCUT2D eigenvalue weighted by molar-refractivity contribution is -0.577. The van der Waals surface area contributed by atoms with Crippen molar-refractivity contribution in [2.75, 3.05) is 26.6 Å². The standard InChI is InChI=1S/C28H27N5O2.C2H4O2/c1-19-26(25-7-5-6-16-32(25)27(19)21-10-14-23(35-4)15-11-21)31-24-17-30-33(28(24)29-2)18-20-8-12-22(34-3)13-9-20;1-2(3)4/h5-17H,18H2,1-4H3;1H3,(H,3,4). The summed E-state index contributed by atoms with van der Waals surface area (Å²) >= 11 is 0. The van der Waals surface area contributed by atoms with Gasteiger partial charge in [0.25, 0.3) is 0 Å². The smallest absolute Gasteiger partial charge is 0.237 e. The van der Waals surface area contributed by atoms with Gasteiger partial charge in [-0.15, -0.1) is 0 Å². The normalized spacial score (nSPS) is 13.0. The van der Waals surface area contributed by atoms with Crippen LogP contribution in [0.15, 0.2) is 89.7 Å². The van der Waals surface area contributed by atoms with Crippen molar-refractivity contribution in [1.29, 1.82) is 0 Å². The van der Waals surface area contributed by atoms with Crippen molar-refractivity contribution in [2.24, 2.45) is 4.99 Å². The number of aliphatic carboxylic acids is 1. The number of ether oxygens (including phenoxy) is 2. The zero-order valence-corrected chi connectivity index (χ0v) is 22.6. The summed E-state index contributed by atoms with van der Waals surface area (Å²) in [6.07, 6.45) is 3.89. The van der Waals surface area contributed by atoms with Crippen LogP contribution in [0.4, 0.5) is 11.5 Å². The third kappa shape index (κ3) is 5.98. The van der Waals surface area contributed by atoms with Crippen LogP contribution in [0.3, 0.4) is 0 Å². The SMILES string of the molecule is CC(=O)[O-].CNc1c(/N=C2\C(C)=C(c3ccc(OC)cc3)[n+]3ccccc32)cnn1Cc1ccc(OC)cc1. The number of hydrogen-bond donors (Lipinski definition) is 1. The molecule has 0 amide bonds. The van der Waals surface area contributed by atoms with Gasteiger partial charge in [-0.2, -0.15) is 9.67 Å². The van der Waals surface area contributed by atoms with Crippen molar-refractivity contribution >= 4 is 28.9 Å². The predicted octanol–water partition coefficient (Wildman–Crippen LogP) is 3.45. The average molecular weight is 526 g/mol. The van der Waals surface area contributed by atoms with E-state index in [4.69, 9.17) is 24.4 Å². The number of aliphatic imine (C=N–C) groups is 1. The number of carboxylic acids is 1. The molecule has 200 valence electrons. The Kier molecular flexibility index (Phi) is 8.40. The molecule has 39 heavy (non-hydrogen) atoms. The number of anilines is 1. The lowest BCUT2D eigenvalue weighted by Crippen LogP contribution is -2.34. The molecular weight excluding hydrogens is 494 g/mol. The van der Waals surface area contributed by atoms with E-state index >= 15 is 0 Å². The molecule has 9 nitrogen and oxygen atoms in total. The second kappa shape index (κ2) is 12.1. The quantitative estimate of drug-likeness (QED) is 0.371. The van der Waals surface area contributed by atoms with Gasteiger partial charge in [-0.3, -0.25) is 0 Å². The molecule has 1 aliphatic rings. The number of carbonyl (C=O) groups excluding carboxylic acids is 1. The van der Waals surface area contributed by atoms with E-state index in [9.17, 15) is 0 Å². The lowest BCUT2D eigenvalue weighted by atomic mass is 10.1. The minimum Gasteiger partial charge on any atom is -0.550 e. The lowest BCUT2D eigenvalue weighted by Gasteiger charge is -2.08. The van der Waals surface area contributed by atoms with Gasteiger partial charge in [0.15, 0.2) is 12.0 Å². The highest BCUT2D eigenvalue weighted by Crippen LogP contribution is 2.31. The van der Waals surface area contributed by atoms with E-state index in [0.717, 1.165) is 63.7 Å². The number of fused-ring (bicyclic) bond motifs is 1. The van der Waals surface area contributed by atoms with Crippen LogP contribution in [-0.2, 0) is 11.3 Å². The molecule has 9 heteroatoms. The van der Waals surface area contributed by atoms with Gasteiger partial charge >= 0.3 is 0 Å². The van der Waals surface area contributed by atoms with Crippen LogP contribution in [-0.4, -0.2) is 42.7 Å². The van der Waals surface area contributed by atoms with Gasteiger partial charge in [0.05, 0.1) is 32.5 Å². The van der Waals surface area contributed by atoms with Crippen molar-refractivity contribution < 1.29 is 23.9 Å². The molecule has 4 aromatic rings. The summed E-state index contributed by atoms with van der Waals surface area (Å²) in [4.78, 5) is 14.0. The summed E-state index contributed by atoms with van der Waals surface area (Å²) in [5.74, 6) is 1.45. The van der Waals surface area contributed by atoms with Gasteiger partial charge in [-0.25, -0.2) is 9.67 Å². The number of aromatic nitrogens is 3. The minimum atomic E-state index is -1.08. The predicted molar refractivity (Wildman–Crippen MR) is 148 cm³/mol. The molecule has 0 spiro atoms. The number of pyridine rings is 1. The molecule has 2 aromatic carbocycles. The molecular formula is C30H31N5O4. The van der Waals surface area contributed by atoms with Crippen LogP contribution in [0.2, 0.25) is 0 Å². The Hall–Kier alpha value is -4.92. The first-order chi connectivity index (χ1) is 18.9. The van der Waals surface area contributed by atoms with Crippen molar-refractivity contribution in [3.8, 4) is 11.5 Å². The number of nitrogens with zero attached hydrogens (tertiary/aromatic N) is 4. The number of nitrogens with one attached hydrogen (secondary N) is 1. The Labute approximate surface area is 227 Å². The van der Waals surface area contributed by atoms with Gasteiger partial charge in [-0.05, 0) is 61.9 Å². The second-order valence-electron chi connectivity index (χ2n) is 8.74. The van der Waals surface area contributed by atoms with Crippen LogP contribution < -0.4 is 24.5 Å². The van der Waals surface area contributed by atoms with Crippen molar-refractivity contribution in [1.82, 2.24) is 9.78 Å². The summed E-state index contributed by atoms with van der Waals surface area (Å²) in [6, 6.07) is 22.3. The van der Waals surface area contributed by atoms with Crippen LogP contribution in [0.5, 0.6) is 11.5 Å². The van der Waals surface area contributed by atoms with E-state index in [0.29, 0.717) is 6.54 Å². The molecule has 0 radical (unpaired) electrons. The highest BCUT2D eigenvalue weighted by atomic mass is 16.5. The van der Waals surface area contributed by atoms with Crippen LogP contribution >= 0.6 is 0 Å². The summed E-state index contributed by atoms with van der Waals surface area (Å²) < 4.78 is 14.7. The molecule has 0 saturated carbocycles. The van der Waals surface area contributed by atoms with Gasteiger partial charge in [0.2, 0.25) is 11.4 Å². The number of carboxylic acid groups (broad SMARTS) is 1. The van der Waals surface area contributed by atoms with Gasteiger partial charge in [-0.1, -0.05) is 12.1 Å². The maximum atomic E-state index is 8.89. The monoisotopic (exact) mass is 525 g/mol. The molecule has 1 N–H and O–H groups in total. The number of methoxy groups -OCH3 is 2. The Morgan fingerprint density at radius 1 is 1.03 bits per heavy atom.